The van der Waals surface area contributed by atoms with Crippen LogP contribution in [0.2, 0.25) is 0 Å². The zero-order valence-electron chi connectivity index (χ0n) is 19.0. The van der Waals surface area contributed by atoms with Gasteiger partial charge < -0.3 is 15.0 Å². The number of aromatic nitrogens is 1. The molecule has 1 aromatic heterocycles. The molecule has 4 rings (SSSR count). The molecule has 2 aliphatic heterocycles. The van der Waals surface area contributed by atoms with Crippen molar-refractivity contribution in [2.75, 3.05) is 19.7 Å². The van der Waals surface area contributed by atoms with E-state index in [0.717, 1.165) is 43.5 Å². The van der Waals surface area contributed by atoms with Gasteiger partial charge in [0.15, 0.2) is 0 Å². The van der Waals surface area contributed by atoms with Crippen LogP contribution in [0, 0.1) is 5.41 Å². The number of likely N-dealkylation sites (tertiary alicyclic amines) is 1. The summed E-state index contributed by atoms with van der Waals surface area (Å²) >= 11 is 0. The van der Waals surface area contributed by atoms with E-state index in [1.54, 1.807) is 13.8 Å². The fourth-order valence-electron chi connectivity index (χ4n) is 4.93. The number of nitrogens with one attached hydrogen (secondary N) is 1. The number of nitrogens with zero attached hydrogens (tertiary/aromatic N) is 2. The van der Waals surface area contributed by atoms with Crippen molar-refractivity contribution >= 4 is 11.8 Å². The van der Waals surface area contributed by atoms with Crippen molar-refractivity contribution in [2.45, 2.75) is 57.6 Å². The largest absolute Gasteiger partial charge is 0.377 e. The molecule has 3 heterocycles. The lowest BCUT2D eigenvalue weighted by molar-refractivity contribution is -0.142. The SMILES string of the molecule is CC(C)(NC(=O)Cc1ccccc1)C(=O)N1CCC2(CC1)CO[C@H](Cc1ccccn1)C2. The molecule has 32 heavy (non-hydrogen) atoms. The van der Waals surface area contributed by atoms with E-state index in [2.05, 4.69) is 10.3 Å². The third-order valence-corrected chi connectivity index (χ3v) is 6.75. The van der Waals surface area contributed by atoms with Crippen molar-refractivity contribution in [1.82, 2.24) is 15.2 Å². The number of piperidine rings is 1. The molecule has 2 aromatic rings. The van der Waals surface area contributed by atoms with Gasteiger partial charge in [-0.05, 0) is 56.2 Å². The molecular formula is C26H33N3O3. The molecule has 1 atom stereocenters. The lowest BCUT2D eigenvalue weighted by Gasteiger charge is -2.41. The van der Waals surface area contributed by atoms with Crippen LogP contribution in [-0.2, 0) is 27.2 Å². The van der Waals surface area contributed by atoms with Gasteiger partial charge in [-0.25, -0.2) is 0 Å². The van der Waals surface area contributed by atoms with Crippen LogP contribution < -0.4 is 5.32 Å². The zero-order valence-corrected chi connectivity index (χ0v) is 19.0. The highest BCUT2D eigenvalue weighted by Crippen LogP contribution is 2.42. The number of carbonyl (C=O) groups excluding carboxylic acids is 2. The van der Waals surface area contributed by atoms with Crippen molar-refractivity contribution in [3.05, 3.63) is 66.0 Å². The van der Waals surface area contributed by atoms with Crippen LogP contribution in [0.25, 0.3) is 0 Å². The average Bonchev–Trinajstić information content (AvgIpc) is 3.16. The Morgan fingerprint density at radius 3 is 2.53 bits per heavy atom. The number of pyridine rings is 1. The molecule has 2 aliphatic rings. The second-order valence-corrected chi connectivity index (χ2v) is 9.79. The first-order valence-electron chi connectivity index (χ1n) is 11.5. The van der Waals surface area contributed by atoms with Gasteiger partial charge in [0.25, 0.3) is 0 Å². The number of amides is 2. The van der Waals surface area contributed by atoms with Gasteiger partial charge in [-0.3, -0.25) is 14.6 Å². The molecule has 0 aliphatic carbocycles. The number of ether oxygens (including phenoxy) is 1. The summed E-state index contributed by atoms with van der Waals surface area (Å²) in [6, 6.07) is 15.6. The molecule has 0 bridgehead atoms. The summed E-state index contributed by atoms with van der Waals surface area (Å²) in [5.74, 6) is -0.151. The third kappa shape index (κ3) is 5.36. The maximum absolute atomic E-state index is 13.2. The Morgan fingerprint density at radius 1 is 1.12 bits per heavy atom. The van der Waals surface area contributed by atoms with E-state index in [0.29, 0.717) is 13.1 Å². The normalized spacial score (nSPS) is 20.3. The highest BCUT2D eigenvalue weighted by Gasteiger charge is 2.44. The van der Waals surface area contributed by atoms with Crippen molar-refractivity contribution in [2.24, 2.45) is 5.41 Å². The van der Waals surface area contributed by atoms with Crippen molar-refractivity contribution < 1.29 is 14.3 Å². The Kier molecular flexibility index (Phi) is 6.60. The minimum atomic E-state index is -0.927. The molecule has 6 nitrogen and oxygen atoms in total. The quantitative estimate of drug-likeness (QED) is 0.757. The van der Waals surface area contributed by atoms with E-state index in [1.807, 2.05) is 59.6 Å². The first kappa shape index (κ1) is 22.5. The summed E-state index contributed by atoms with van der Waals surface area (Å²) in [5, 5.41) is 2.94. The number of rotatable bonds is 6. The molecule has 6 heteroatoms. The summed E-state index contributed by atoms with van der Waals surface area (Å²) in [7, 11) is 0. The molecule has 2 amide bonds. The highest BCUT2D eigenvalue weighted by atomic mass is 16.5. The fourth-order valence-corrected chi connectivity index (χ4v) is 4.93. The average molecular weight is 436 g/mol. The Labute approximate surface area is 190 Å². The maximum atomic E-state index is 13.2. The fraction of sp³-hybridized carbons (Fsp3) is 0.500. The molecule has 2 fully saturated rings. The summed E-state index contributed by atoms with van der Waals surface area (Å²) in [4.78, 5) is 32.0. The molecule has 2 saturated heterocycles. The van der Waals surface area contributed by atoms with Gasteiger partial charge >= 0.3 is 0 Å². The first-order valence-corrected chi connectivity index (χ1v) is 11.5. The van der Waals surface area contributed by atoms with Crippen LogP contribution in [0.15, 0.2) is 54.7 Å². The minimum absolute atomic E-state index is 0.0160. The second kappa shape index (κ2) is 9.41. The second-order valence-electron chi connectivity index (χ2n) is 9.79. The van der Waals surface area contributed by atoms with E-state index >= 15 is 0 Å². The molecule has 170 valence electrons. The Morgan fingerprint density at radius 2 is 1.84 bits per heavy atom. The molecule has 1 spiro atoms. The van der Waals surface area contributed by atoms with E-state index < -0.39 is 5.54 Å². The first-order chi connectivity index (χ1) is 15.4. The maximum Gasteiger partial charge on any atom is 0.247 e. The summed E-state index contributed by atoms with van der Waals surface area (Å²) in [5.41, 5.74) is 1.23. The van der Waals surface area contributed by atoms with Crippen molar-refractivity contribution in [3.63, 3.8) is 0 Å². The summed E-state index contributed by atoms with van der Waals surface area (Å²) < 4.78 is 6.12. The van der Waals surface area contributed by atoms with E-state index in [1.165, 1.54) is 0 Å². The standard InChI is InChI=1S/C26H33N3O3/c1-25(2,28-23(30)16-20-8-4-3-5-9-20)24(31)29-14-11-26(12-15-29)18-22(32-19-26)17-21-10-6-7-13-27-21/h3-10,13,22H,11-12,14-19H2,1-2H3,(H,28,30)/t22-/m1/s1. The molecule has 0 saturated carbocycles. The van der Waals surface area contributed by atoms with Gasteiger partial charge in [-0.2, -0.15) is 0 Å². The molecule has 0 unspecified atom stereocenters. The van der Waals surface area contributed by atoms with E-state index in [4.69, 9.17) is 4.74 Å². The Balaban J connectivity index is 1.27. The van der Waals surface area contributed by atoms with Crippen LogP contribution in [-0.4, -0.2) is 53.0 Å². The molecule has 1 N–H and O–H groups in total. The van der Waals surface area contributed by atoms with Crippen LogP contribution in [0.1, 0.15) is 44.4 Å². The smallest absolute Gasteiger partial charge is 0.247 e. The summed E-state index contributed by atoms with van der Waals surface area (Å²) in [6.45, 7) is 5.76. The summed E-state index contributed by atoms with van der Waals surface area (Å²) in [6.07, 6.45) is 6.02. The predicted molar refractivity (Wildman–Crippen MR) is 123 cm³/mol. The lowest BCUT2D eigenvalue weighted by atomic mass is 9.76. The molecular weight excluding hydrogens is 402 g/mol. The van der Waals surface area contributed by atoms with Crippen LogP contribution in [0.5, 0.6) is 0 Å². The van der Waals surface area contributed by atoms with E-state index in [-0.39, 0.29) is 29.8 Å². The van der Waals surface area contributed by atoms with Gasteiger partial charge in [-0.1, -0.05) is 36.4 Å². The van der Waals surface area contributed by atoms with Crippen molar-refractivity contribution in [3.8, 4) is 0 Å². The van der Waals surface area contributed by atoms with Crippen LogP contribution >= 0.6 is 0 Å². The van der Waals surface area contributed by atoms with Crippen molar-refractivity contribution in [1.29, 1.82) is 0 Å². The molecule has 1 aromatic carbocycles. The number of hydrogen-bond acceptors (Lipinski definition) is 4. The highest BCUT2D eigenvalue weighted by molar-refractivity contribution is 5.91. The lowest BCUT2D eigenvalue weighted by Crippen LogP contribution is -2.58. The number of benzene rings is 1. The predicted octanol–water partition coefficient (Wildman–Crippen LogP) is 3.16. The number of carbonyl (C=O) groups is 2. The van der Waals surface area contributed by atoms with Gasteiger partial charge in [0.05, 0.1) is 19.1 Å². The van der Waals surface area contributed by atoms with Gasteiger partial charge in [0, 0.05) is 31.4 Å². The van der Waals surface area contributed by atoms with Crippen LogP contribution in [0.4, 0.5) is 0 Å². The molecule has 0 radical (unpaired) electrons. The Bertz CT molecular complexity index is 922. The van der Waals surface area contributed by atoms with Gasteiger partial charge in [0.1, 0.15) is 5.54 Å². The minimum Gasteiger partial charge on any atom is -0.377 e. The van der Waals surface area contributed by atoms with E-state index in [9.17, 15) is 9.59 Å². The monoisotopic (exact) mass is 435 g/mol. The third-order valence-electron chi connectivity index (χ3n) is 6.75. The van der Waals surface area contributed by atoms with Gasteiger partial charge in [-0.15, -0.1) is 0 Å². The topological polar surface area (TPSA) is 71.5 Å². The van der Waals surface area contributed by atoms with Gasteiger partial charge in [0.2, 0.25) is 11.8 Å². The number of hydrogen-bond donors (Lipinski definition) is 1. The zero-order chi connectivity index (χ0) is 22.6. The van der Waals surface area contributed by atoms with Crippen LogP contribution in [0.3, 0.4) is 0 Å². The Hall–Kier alpha value is -2.73.